The molecule has 0 aromatic rings. The summed E-state index contributed by atoms with van der Waals surface area (Å²) in [5.74, 6) is 3.33. The standard InChI is InChI=1S/C10H12O/c11-10-5-9-7-3-1-6(7)2-4-8(9)10/h2,4,6-9H,1,3,5H2/t6-,7-,8+,9-/m1/s1. The van der Waals surface area contributed by atoms with Crippen molar-refractivity contribution >= 4 is 5.78 Å². The maximum Gasteiger partial charge on any atom is 0.140 e. The van der Waals surface area contributed by atoms with Crippen LogP contribution >= 0.6 is 0 Å². The first-order chi connectivity index (χ1) is 5.36. The maximum atomic E-state index is 11.1. The molecule has 2 fully saturated rings. The zero-order valence-corrected chi connectivity index (χ0v) is 6.49. The van der Waals surface area contributed by atoms with Crippen molar-refractivity contribution in [1.29, 1.82) is 0 Å². The number of fused-ring (bicyclic) bond motifs is 3. The van der Waals surface area contributed by atoms with Crippen LogP contribution in [-0.2, 0) is 4.79 Å². The van der Waals surface area contributed by atoms with Crippen molar-refractivity contribution in [3.8, 4) is 0 Å². The molecule has 3 aliphatic rings. The molecule has 0 radical (unpaired) electrons. The second kappa shape index (κ2) is 1.77. The Hall–Kier alpha value is -0.590. The highest BCUT2D eigenvalue weighted by Crippen LogP contribution is 2.53. The van der Waals surface area contributed by atoms with Crippen molar-refractivity contribution in [3.63, 3.8) is 0 Å². The molecular weight excluding hydrogens is 136 g/mol. The van der Waals surface area contributed by atoms with E-state index in [1.165, 1.54) is 12.8 Å². The lowest BCUT2D eigenvalue weighted by atomic mass is 9.53. The molecule has 0 N–H and O–H groups in total. The van der Waals surface area contributed by atoms with Gasteiger partial charge in [-0.05, 0) is 30.6 Å². The minimum Gasteiger partial charge on any atom is -0.299 e. The average Bonchev–Trinajstić information content (AvgIpc) is 1.93. The lowest BCUT2D eigenvalue weighted by Gasteiger charge is -2.50. The van der Waals surface area contributed by atoms with Crippen molar-refractivity contribution in [2.45, 2.75) is 19.3 Å². The molecule has 0 amide bonds. The SMILES string of the molecule is O=C1C[C@@H]2[C@@H]3CC[C@@H]3C=C[C@H]12. The molecule has 4 atom stereocenters. The average molecular weight is 148 g/mol. The fourth-order valence-electron chi connectivity index (χ4n) is 2.83. The van der Waals surface area contributed by atoms with Crippen LogP contribution in [0.3, 0.4) is 0 Å². The van der Waals surface area contributed by atoms with Gasteiger partial charge in [-0.2, -0.15) is 0 Å². The van der Waals surface area contributed by atoms with E-state index in [0.29, 0.717) is 11.7 Å². The van der Waals surface area contributed by atoms with E-state index in [1.54, 1.807) is 0 Å². The summed E-state index contributed by atoms with van der Waals surface area (Å²) in [6.45, 7) is 0. The Morgan fingerprint density at radius 2 is 2.09 bits per heavy atom. The lowest BCUT2D eigenvalue weighted by molar-refractivity contribution is -0.137. The fraction of sp³-hybridized carbons (Fsp3) is 0.700. The number of hydrogen-bond acceptors (Lipinski definition) is 1. The summed E-state index contributed by atoms with van der Waals surface area (Å²) in [5, 5.41) is 0. The minimum absolute atomic E-state index is 0.344. The Labute approximate surface area is 66.5 Å². The van der Waals surface area contributed by atoms with E-state index in [9.17, 15) is 4.79 Å². The number of carbonyl (C=O) groups excluding carboxylic acids is 1. The van der Waals surface area contributed by atoms with Gasteiger partial charge in [-0.15, -0.1) is 0 Å². The van der Waals surface area contributed by atoms with Crippen LogP contribution in [0.4, 0.5) is 0 Å². The van der Waals surface area contributed by atoms with E-state index in [2.05, 4.69) is 12.2 Å². The number of rotatable bonds is 0. The zero-order valence-electron chi connectivity index (χ0n) is 6.49. The van der Waals surface area contributed by atoms with Crippen LogP contribution in [0.2, 0.25) is 0 Å². The largest absolute Gasteiger partial charge is 0.299 e. The van der Waals surface area contributed by atoms with Crippen LogP contribution in [0, 0.1) is 23.7 Å². The van der Waals surface area contributed by atoms with Gasteiger partial charge in [0.05, 0.1) is 0 Å². The third-order valence-electron chi connectivity index (χ3n) is 3.77. The summed E-state index contributed by atoms with van der Waals surface area (Å²) in [6.07, 6.45) is 8.08. The Bertz CT molecular complexity index is 241. The Balaban J connectivity index is 1.91. The number of hydrogen-bond donors (Lipinski definition) is 0. The third-order valence-corrected chi connectivity index (χ3v) is 3.77. The topological polar surface area (TPSA) is 17.1 Å². The van der Waals surface area contributed by atoms with Gasteiger partial charge in [-0.1, -0.05) is 12.2 Å². The second-order valence-electron chi connectivity index (χ2n) is 4.15. The van der Waals surface area contributed by atoms with E-state index in [-0.39, 0.29) is 0 Å². The number of carbonyl (C=O) groups is 1. The maximum absolute atomic E-state index is 11.1. The second-order valence-corrected chi connectivity index (χ2v) is 4.15. The highest BCUT2D eigenvalue weighted by atomic mass is 16.1. The first kappa shape index (κ1) is 5.99. The highest BCUT2D eigenvalue weighted by Gasteiger charge is 2.49. The quantitative estimate of drug-likeness (QED) is 0.479. The van der Waals surface area contributed by atoms with Gasteiger partial charge in [0, 0.05) is 12.3 Å². The van der Waals surface area contributed by atoms with Crippen LogP contribution in [0.5, 0.6) is 0 Å². The van der Waals surface area contributed by atoms with Crippen molar-refractivity contribution in [2.24, 2.45) is 23.7 Å². The molecule has 0 aromatic carbocycles. The Kier molecular flexibility index (Phi) is 0.961. The number of allylic oxidation sites excluding steroid dienone is 2. The summed E-state index contributed by atoms with van der Waals surface area (Å²) in [6, 6.07) is 0. The molecule has 1 nitrogen and oxygen atoms in total. The van der Waals surface area contributed by atoms with Crippen LogP contribution in [-0.4, -0.2) is 5.78 Å². The molecule has 3 rings (SSSR count). The molecule has 0 aliphatic heterocycles. The monoisotopic (exact) mass is 148 g/mol. The molecule has 2 saturated carbocycles. The summed E-state index contributed by atoms with van der Waals surface area (Å²) in [4.78, 5) is 11.1. The molecule has 0 saturated heterocycles. The molecule has 0 unspecified atom stereocenters. The lowest BCUT2D eigenvalue weighted by Crippen LogP contribution is -2.48. The number of ketones is 1. The van der Waals surface area contributed by atoms with Gasteiger partial charge in [-0.25, -0.2) is 0 Å². The van der Waals surface area contributed by atoms with Crippen molar-refractivity contribution in [1.82, 2.24) is 0 Å². The first-order valence-corrected chi connectivity index (χ1v) is 4.57. The van der Waals surface area contributed by atoms with Crippen molar-refractivity contribution in [3.05, 3.63) is 12.2 Å². The molecule has 58 valence electrons. The predicted octanol–water partition coefficient (Wildman–Crippen LogP) is 1.79. The molecule has 0 bridgehead atoms. The van der Waals surface area contributed by atoms with Crippen LogP contribution < -0.4 is 0 Å². The highest BCUT2D eigenvalue weighted by molar-refractivity contribution is 5.89. The molecule has 0 aromatic heterocycles. The van der Waals surface area contributed by atoms with E-state index >= 15 is 0 Å². The van der Waals surface area contributed by atoms with E-state index in [4.69, 9.17) is 0 Å². The van der Waals surface area contributed by atoms with Gasteiger partial charge in [-0.3, -0.25) is 4.79 Å². The smallest absolute Gasteiger partial charge is 0.140 e. The Morgan fingerprint density at radius 3 is 2.73 bits per heavy atom. The number of Topliss-reactive ketones (excluding diaryl/α,β-unsaturated/α-hetero) is 1. The third kappa shape index (κ3) is 0.597. The summed E-state index contributed by atoms with van der Waals surface area (Å²) >= 11 is 0. The van der Waals surface area contributed by atoms with Crippen LogP contribution in [0.1, 0.15) is 19.3 Å². The van der Waals surface area contributed by atoms with E-state index in [0.717, 1.165) is 24.2 Å². The van der Waals surface area contributed by atoms with Gasteiger partial charge in [0.2, 0.25) is 0 Å². The van der Waals surface area contributed by atoms with Gasteiger partial charge in [0.1, 0.15) is 5.78 Å². The van der Waals surface area contributed by atoms with Gasteiger partial charge < -0.3 is 0 Å². The molecule has 0 spiro atoms. The molecular formula is C10H12O. The molecule has 1 heteroatoms. The zero-order chi connectivity index (χ0) is 7.42. The minimum atomic E-state index is 0.344. The Morgan fingerprint density at radius 1 is 1.18 bits per heavy atom. The predicted molar refractivity (Wildman–Crippen MR) is 42.0 cm³/mol. The van der Waals surface area contributed by atoms with Gasteiger partial charge in [0.25, 0.3) is 0 Å². The van der Waals surface area contributed by atoms with Crippen molar-refractivity contribution in [2.75, 3.05) is 0 Å². The summed E-state index contributed by atoms with van der Waals surface area (Å²) < 4.78 is 0. The molecule has 3 aliphatic carbocycles. The first-order valence-electron chi connectivity index (χ1n) is 4.57. The van der Waals surface area contributed by atoms with Crippen LogP contribution in [0.25, 0.3) is 0 Å². The summed E-state index contributed by atoms with van der Waals surface area (Å²) in [7, 11) is 0. The van der Waals surface area contributed by atoms with Gasteiger partial charge in [0.15, 0.2) is 0 Å². The fourth-order valence-corrected chi connectivity index (χ4v) is 2.83. The van der Waals surface area contributed by atoms with Crippen molar-refractivity contribution < 1.29 is 4.79 Å². The normalized spacial score (nSPS) is 52.2. The van der Waals surface area contributed by atoms with Crippen LogP contribution in [0.15, 0.2) is 12.2 Å². The van der Waals surface area contributed by atoms with Gasteiger partial charge >= 0.3 is 0 Å². The molecule has 0 heterocycles. The van der Waals surface area contributed by atoms with E-state index < -0.39 is 0 Å². The molecule has 11 heavy (non-hydrogen) atoms. The van der Waals surface area contributed by atoms with E-state index in [1.807, 2.05) is 0 Å². The summed E-state index contributed by atoms with van der Waals surface area (Å²) in [5.41, 5.74) is 0.